The zero-order valence-electron chi connectivity index (χ0n) is 9.60. The molecule has 0 amide bonds. The first-order chi connectivity index (χ1) is 7.11. The van der Waals surface area contributed by atoms with Crippen molar-refractivity contribution in [3.63, 3.8) is 0 Å². The van der Waals surface area contributed by atoms with Crippen LogP contribution in [0, 0.1) is 4.77 Å². The molecule has 5 nitrogen and oxygen atoms in total. The van der Waals surface area contributed by atoms with Crippen molar-refractivity contribution in [3.05, 3.63) is 4.77 Å². The highest BCUT2D eigenvalue weighted by atomic mass is 32.1. The number of hydrogen-bond acceptors (Lipinski definition) is 4. The SMILES string of the molecule is CC(C)N1CCCC1.Cn1[nH]nnc1=S. The lowest BCUT2D eigenvalue weighted by Crippen LogP contribution is -2.26. The van der Waals surface area contributed by atoms with Crippen LogP contribution in [0.3, 0.4) is 0 Å². The molecule has 15 heavy (non-hydrogen) atoms. The fraction of sp³-hybridized carbons (Fsp3) is 0.889. The molecular formula is C9H19N5S. The first-order valence-electron chi connectivity index (χ1n) is 5.29. The minimum absolute atomic E-state index is 0.472. The molecule has 0 aliphatic carbocycles. The standard InChI is InChI=1S/C7H15N.C2H4N4S/c1-7(2)8-5-3-4-6-8;1-6-2(7)3-4-5-6/h7H,3-6H2,1-2H3;1H3,(H,3,5,7). The molecule has 2 heterocycles. The molecule has 2 rings (SSSR count). The van der Waals surface area contributed by atoms with Crippen molar-refractivity contribution >= 4 is 12.2 Å². The lowest BCUT2D eigenvalue weighted by molar-refractivity contribution is 0.276. The van der Waals surface area contributed by atoms with E-state index in [2.05, 4.69) is 46.5 Å². The number of aromatic amines is 1. The van der Waals surface area contributed by atoms with Gasteiger partial charge in [0.15, 0.2) is 0 Å². The van der Waals surface area contributed by atoms with Crippen LogP contribution in [0.2, 0.25) is 0 Å². The van der Waals surface area contributed by atoms with E-state index in [1.807, 2.05) is 0 Å². The molecule has 1 N–H and O–H groups in total. The van der Waals surface area contributed by atoms with E-state index < -0.39 is 0 Å². The summed E-state index contributed by atoms with van der Waals surface area (Å²) in [6, 6.07) is 0.775. The Labute approximate surface area is 95.5 Å². The molecule has 0 aromatic carbocycles. The summed E-state index contributed by atoms with van der Waals surface area (Å²) in [6.07, 6.45) is 2.83. The van der Waals surface area contributed by atoms with Gasteiger partial charge in [0.2, 0.25) is 4.77 Å². The van der Waals surface area contributed by atoms with Crippen molar-refractivity contribution in [1.29, 1.82) is 0 Å². The summed E-state index contributed by atoms with van der Waals surface area (Å²) in [6.45, 7) is 7.20. The maximum Gasteiger partial charge on any atom is 0.237 e. The van der Waals surface area contributed by atoms with Gasteiger partial charge in [-0.2, -0.15) is 5.21 Å². The predicted molar refractivity (Wildman–Crippen MR) is 62.1 cm³/mol. The van der Waals surface area contributed by atoms with Gasteiger partial charge in [0.25, 0.3) is 0 Å². The molecule has 0 spiro atoms. The molecule has 1 aliphatic rings. The van der Waals surface area contributed by atoms with Crippen LogP contribution in [0.5, 0.6) is 0 Å². The molecule has 1 fully saturated rings. The summed E-state index contributed by atoms with van der Waals surface area (Å²) in [7, 11) is 1.75. The van der Waals surface area contributed by atoms with E-state index in [1.165, 1.54) is 25.9 Å². The predicted octanol–water partition coefficient (Wildman–Crippen LogP) is 1.36. The topological polar surface area (TPSA) is 49.7 Å². The summed E-state index contributed by atoms with van der Waals surface area (Å²) in [5, 5.41) is 9.41. The number of H-pyrrole nitrogens is 1. The van der Waals surface area contributed by atoms with E-state index in [4.69, 9.17) is 0 Å². The monoisotopic (exact) mass is 229 g/mol. The third-order valence-electron chi connectivity index (χ3n) is 2.49. The number of nitrogens with zero attached hydrogens (tertiary/aromatic N) is 4. The van der Waals surface area contributed by atoms with Crippen LogP contribution in [0.25, 0.3) is 0 Å². The number of aromatic nitrogens is 4. The van der Waals surface area contributed by atoms with Gasteiger partial charge in [-0.1, -0.05) is 10.3 Å². The second-order valence-electron chi connectivity index (χ2n) is 3.98. The second kappa shape index (κ2) is 5.97. The smallest absolute Gasteiger partial charge is 0.237 e. The number of aryl methyl sites for hydroxylation is 1. The van der Waals surface area contributed by atoms with Crippen LogP contribution >= 0.6 is 12.2 Å². The van der Waals surface area contributed by atoms with Crippen LogP contribution in [0.15, 0.2) is 0 Å². The van der Waals surface area contributed by atoms with Crippen molar-refractivity contribution in [2.45, 2.75) is 32.7 Å². The minimum atomic E-state index is 0.472. The van der Waals surface area contributed by atoms with Crippen LogP contribution < -0.4 is 0 Å². The lowest BCUT2D eigenvalue weighted by Gasteiger charge is -2.18. The van der Waals surface area contributed by atoms with Crippen molar-refractivity contribution in [2.24, 2.45) is 7.05 Å². The molecule has 1 aromatic rings. The van der Waals surface area contributed by atoms with Gasteiger partial charge in [0.1, 0.15) is 0 Å². The Kier molecular flexibility index (Phi) is 4.90. The Morgan fingerprint density at radius 3 is 2.13 bits per heavy atom. The van der Waals surface area contributed by atoms with Gasteiger partial charge >= 0.3 is 0 Å². The minimum Gasteiger partial charge on any atom is -0.301 e. The van der Waals surface area contributed by atoms with Crippen molar-refractivity contribution in [2.75, 3.05) is 13.1 Å². The van der Waals surface area contributed by atoms with Gasteiger partial charge in [-0.15, -0.1) is 0 Å². The van der Waals surface area contributed by atoms with Crippen LogP contribution in [0.1, 0.15) is 26.7 Å². The van der Waals surface area contributed by atoms with E-state index in [9.17, 15) is 0 Å². The molecule has 86 valence electrons. The van der Waals surface area contributed by atoms with Gasteiger partial charge in [0, 0.05) is 13.1 Å². The number of rotatable bonds is 1. The quantitative estimate of drug-likeness (QED) is 0.739. The van der Waals surface area contributed by atoms with Crippen molar-refractivity contribution in [1.82, 2.24) is 25.1 Å². The normalized spacial score (nSPS) is 16.5. The maximum absolute atomic E-state index is 4.64. The number of nitrogens with one attached hydrogen (secondary N) is 1. The van der Waals surface area contributed by atoms with E-state index in [0.29, 0.717) is 4.77 Å². The summed E-state index contributed by atoms with van der Waals surface area (Å²) in [5.74, 6) is 0. The lowest BCUT2D eigenvalue weighted by atomic mass is 10.3. The largest absolute Gasteiger partial charge is 0.301 e. The Morgan fingerprint density at radius 2 is 1.93 bits per heavy atom. The first kappa shape index (κ1) is 12.3. The summed E-state index contributed by atoms with van der Waals surface area (Å²) >= 11 is 4.64. The van der Waals surface area contributed by atoms with Crippen LogP contribution in [-0.4, -0.2) is 44.2 Å². The molecular weight excluding hydrogens is 210 g/mol. The van der Waals surface area contributed by atoms with Gasteiger partial charge in [-0.3, -0.25) is 0 Å². The molecule has 0 radical (unpaired) electrons. The van der Waals surface area contributed by atoms with Gasteiger partial charge in [-0.25, -0.2) is 4.68 Å². The van der Waals surface area contributed by atoms with Gasteiger partial charge in [0.05, 0.1) is 0 Å². The zero-order valence-corrected chi connectivity index (χ0v) is 10.4. The Bertz CT molecular complexity index is 323. The number of hydrogen-bond donors (Lipinski definition) is 1. The number of tetrazole rings is 1. The molecule has 1 saturated heterocycles. The highest BCUT2D eigenvalue weighted by molar-refractivity contribution is 7.71. The molecule has 0 bridgehead atoms. The fourth-order valence-corrected chi connectivity index (χ4v) is 1.58. The van der Waals surface area contributed by atoms with E-state index in [1.54, 1.807) is 11.7 Å². The van der Waals surface area contributed by atoms with Crippen molar-refractivity contribution < 1.29 is 0 Å². The molecule has 1 aromatic heterocycles. The highest BCUT2D eigenvalue weighted by Crippen LogP contribution is 2.09. The van der Waals surface area contributed by atoms with E-state index in [-0.39, 0.29) is 0 Å². The number of likely N-dealkylation sites (tertiary alicyclic amines) is 1. The average Bonchev–Trinajstić information content (AvgIpc) is 2.80. The molecule has 6 heteroatoms. The van der Waals surface area contributed by atoms with E-state index in [0.717, 1.165) is 6.04 Å². The van der Waals surface area contributed by atoms with E-state index >= 15 is 0 Å². The Balaban J connectivity index is 0.000000151. The Hall–Kier alpha value is -0.750. The summed E-state index contributed by atoms with van der Waals surface area (Å²) in [4.78, 5) is 2.53. The maximum atomic E-state index is 4.64. The highest BCUT2D eigenvalue weighted by Gasteiger charge is 2.13. The molecule has 0 atom stereocenters. The van der Waals surface area contributed by atoms with Crippen LogP contribution in [0.4, 0.5) is 0 Å². The van der Waals surface area contributed by atoms with Gasteiger partial charge < -0.3 is 4.90 Å². The molecule has 0 unspecified atom stereocenters. The molecule has 0 saturated carbocycles. The summed E-state index contributed by atoms with van der Waals surface area (Å²) < 4.78 is 2.02. The second-order valence-corrected chi connectivity index (χ2v) is 4.34. The Morgan fingerprint density at radius 1 is 1.33 bits per heavy atom. The van der Waals surface area contributed by atoms with Gasteiger partial charge in [-0.05, 0) is 52.0 Å². The average molecular weight is 229 g/mol. The third-order valence-corrected chi connectivity index (χ3v) is 2.84. The third kappa shape index (κ3) is 4.09. The first-order valence-corrected chi connectivity index (χ1v) is 5.70. The fourth-order valence-electron chi connectivity index (χ4n) is 1.50. The van der Waals surface area contributed by atoms with Crippen LogP contribution in [-0.2, 0) is 7.05 Å². The zero-order chi connectivity index (χ0) is 11.3. The molecule has 1 aliphatic heterocycles. The van der Waals surface area contributed by atoms with Crippen molar-refractivity contribution in [3.8, 4) is 0 Å². The summed E-state index contributed by atoms with van der Waals surface area (Å²) in [5.41, 5.74) is 0.